The first-order chi connectivity index (χ1) is 8.53. The van der Waals surface area contributed by atoms with Crippen molar-refractivity contribution in [2.45, 2.75) is 32.6 Å². The molecule has 2 N–H and O–H groups in total. The predicted molar refractivity (Wildman–Crippen MR) is 70.4 cm³/mol. The maximum absolute atomic E-state index is 5.70. The molecule has 2 rings (SSSR count). The Morgan fingerprint density at radius 1 is 1.28 bits per heavy atom. The summed E-state index contributed by atoms with van der Waals surface area (Å²) in [5.41, 5.74) is 7.89. The summed E-state index contributed by atoms with van der Waals surface area (Å²) in [7, 11) is 0. The van der Waals surface area contributed by atoms with Crippen molar-refractivity contribution in [2.75, 3.05) is 6.54 Å². The second-order valence-corrected chi connectivity index (χ2v) is 5.21. The minimum Gasteiger partial charge on any atom is -0.339 e. The molecule has 0 aliphatic heterocycles. The average Bonchev–Trinajstić information content (AvgIpc) is 2.81. The molecule has 0 aliphatic rings. The third-order valence-corrected chi connectivity index (χ3v) is 3.17. The van der Waals surface area contributed by atoms with Crippen molar-refractivity contribution in [1.29, 1.82) is 0 Å². The van der Waals surface area contributed by atoms with Crippen LogP contribution < -0.4 is 5.73 Å². The normalized spacial score (nSPS) is 11.8. The van der Waals surface area contributed by atoms with Crippen LogP contribution in [0.3, 0.4) is 0 Å². The second kappa shape index (κ2) is 4.90. The molecule has 0 bridgehead atoms. The molecule has 2 aromatic rings. The lowest BCUT2D eigenvalue weighted by Gasteiger charge is -2.15. The lowest BCUT2D eigenvalue weighted by Crippen LogP contribution is -2.28. The van der Waals surface area contributed by atoms with E-state index < -0.39 is 0 Å². The molecule has 0 saturated heterocycles. The van der Waals surface area contributed by atoms with Gasteiger partial charge in [-0.05, 0) is 31.9 Å². The molecule has 4 nitrogen and oxygen atoms in total. The number of rotatable bonds is 4. The predicted octanol–water partition coefficient (Wildman–Crippen LogP) is 2.21. The molecule has 1 aromatic carbocycles. The van der Waals surface area contributed by atoms with Crippen molar-refractivity contribution in [3.05, 3.63) is 47.1 Å². The van der Waals surface area contributed by atoms with Crippen LogP contribution in [0.15, 0.2) is 28.8 Å². The van der Waals surface area contributed by atoms with Gasteiger partial charge in [0.05, 0.1) is 5.41 Å². The maximum Gasteiger partial charge on any atom is 0.233 e. The zero-order valence-electron chi connectivity index (χ0n) is 11.1. The van der Waals surface area contributed by atoms with Gasteiger partial charge in [0.25, 0.3) is 0 Å². The molecule has 0 saturated carbocycles. The lowest BCUT2D eigenvalue weighted by molar-refractivity contribution is 0.309. The van der Waals surface area contributed by atoms with E-state index in [1.54, 1.807) is 0 Å². The summed E-state index contributed by atoms with van der Waals surface area (Å²) >= 11 is 0. The van der Waals surface area contributed by atoms with Crippen LogP contribution >= 0.6 is 0 Å². The smallest absolute Gasteiger partial charge is 0.233 e. The Labute approximate surface area is 107 Å². The van der Waals surface area contributed by atoms with Crippen LogP contribution in [-0.4, -0.2) is 16.7 Å². The summed E-state index contributed by atoms with van der Waals surface area (Å²) in [5.74, 6) is 1.31. The summed E-state index contributed by atoms with van der Waals surface area (Å²) in [6, 6.07) is 8.21. The number of nitrogens with zero attached hydrogens (tertiary/aromatic N) is 2. The van der Waals surface area contributed by atoms with E-state index in [-0.39, 0.29) is 5.41 Å². The van der Waals surface area contributed by atoms with Gasteiger partial charge in [0.1, 0.15) is 0 Å². The van der Waals surface area contributed by atoms with Gasteiger partial charge in [0, 0.05) is 13.0 Å². The highest BCUT2D eigenvalue weighted by atomic mass is 16.5. The van der Waals surface area contributed by atoms with Crippen molar-refractivity contribution in [1.82, 2.24) is 10.1 Å². The molecule has 1 aromatic heterocycles. The molecule has 4 heteroatoms. The van der Waals surface area contributed by atoms with E-state index in [2.05, 4.69) is 29.2 Å². The Hall–Kier alpha value is -1.68. The molecule has 0 spiro atoms. The van der Waals surface area contributed by atoms with E-state index in [9.17, 15) is 0 Å². The number of aryl methyl sites for hydroxylation is 1. The lowest BCUT2D eigenvalue weighted by atomic mass is 9.94. The molecule has 96 valence electrons. The fourth-order valence-electron chi connectivity index (χ4n) is 1.67. The zero-order chi connectivity index (χ0) is 13.2. The van der Waals surface area contributed by atoms with E-state index in [0.717, 1.165) is 0 Å². The van der Waals surface area contributed by atoms with Gasteiger partial charge in [-0.25, -0.2) is 0 Å². The highest BCUT2D eigenvalue weighted by Gasteiger charge is 2.25. The number of aromatic nitrogens is 2. The highest BCUT2D eigenvalue weighted by Crippen LogP contribution is 2.20. The number of hydrogen-bond acceptors (Lipinski definition) is 4. The van der Waals surface area contributed by atoms with E-state index in [1.807, 2.05) is 26.0 Å². The van der Waals surface area contributed by atoms with Crippen LogP contribution in [0.1, 0.15) is 36.7 Å². The summed E-state index contributed by atoms with van der Waals surface area (Å²) in [6.45, 7) is 6.56. The molecule has 0 amide bonds. The second-order valence-electron chi connectivity index (χ2n) is 5.21. The summed E-state index contributed by atoms with van der Waals surface area (Å²) in [5, 5.41) is 4.03. The number of nitrogens with two attached hydrogens (primary N) is 1. The highest BCUT2D eigenvalue weighted by molar-refractivity contribution is 5.28. The van der Waals surface area contributed by atoms with Crippen LogP contribution in [0, 0.1) is 6.92 Å². The minimum atomic E-state index is -0.267. The van der Waals surface area contributed by atoms with Gasteiger partial charge in [-0.1, -0.05) is 29.4 Å². The van der Waals surface area contributed by atoms with Gasteiger partial charge in [0.2, 0.25) is 5.89 Å². The molecule has 0 fully saturated rings. The van der Waals surface area contributed by atoms with Gasteiger partial charge in [-0.2, -0.15) is 4.98 Å². The van der Waals surface area contributed by atoms with Crippen molar-refractivity contribution < 1.29 is 4.52 Å². The molecule has 0 unspecified atom stereocenters. The average molecular weight is 245 g/mol. The van der Waals surface area contributed by atoms with E-state index in [1.165, 1.54) is 11.1 Å². The Morgan fingerprint density at radius 3 is 2.67 bits per heavy atom. The standard InChI is InChI=1S/C14H19N3O/c1-10-6-4-5-7-11(10)8-12-16-13(18-17-12)14(2,3)9-15/h4-7H,8-9,15H2,1-3H3. The number of benzene rings is 1. The van der Waals surface area contributed by atoms with Crippen LogP contribution in [0.25, 0.3) is 0 Å². The molecule has 1 heterocycles. The third-order valence-electron chi connectivity index (χ3n) is 3.17. The van der Waals surface area contributed by atoms with E-state index in [4.69, 9.17) is 10.3 Å². The molecule has 0 atom stereocenters. The Kier molecular flexibility index (Phi) is 3.48. The fraction of sp³-hybridized carbons (Fsp3) is 0.429. The van der Waals surface area contributed by atoms with Gasteiger partial charge in [-0.3, -0.25) is 0 Å². The maximum atomic E-state index is 5.70. The topological polar surface area (TPSA) is 64.9 Å². The van der Waals surface area contributed by atoms with Crippen molar-refractivity contribution in [3.8, 4) is 0 Å². The minimum absolute atomic E-state index is 0.267. The van der Waals surface area contributed by atoms with E-state index in [0.29, 0.717) is 24.7 Å². The molecule has 0 radical (unpaired) electrons. The first kappa shape index (κ1) is 12.8. The SMILES string of the molecule is Cc1ccccc1Cc1noc(C(C)(C)CN)n1. The van der Waals surface area contributed by atoms with Crippen molar-refractivity contribution in [2.24, 2.45) is 5.73 Å². The summed E-state index contributed by atoms with van der Waals surface area (Å²) in [6.07, 6.45) is 0.691. The Balaban J connectivity index is 2.20. The van der Waals surface area contributed by atoms with Gasteiger partial charge < -0.3 is 10.3 Å². The Bertz CT molecular complexity index is 531. The van der Waals surface area contributed by atoms with Gasteiger partial charge >= 0.3 is 0 Å². The summed E-state index contributed by atoms with van der Waals surface area (Å²) < 4.78 is 5.29. The van der Waals surface area contributed by atoms with Gasteiger partial charge in [-0.15, -0.1) is 0 Å². The third kappa shape index (κ3) is 2.59. The van der Waals surface area contributed by atoms with Crippen LogP contribution in [0.4, 0.5) is 0 Å². The molecular weight excluding hydrogens is 226 g/mol. The zero-order valence-corrected chi connectivity index (χ0v) is 11.1. The van der Waals surface area contributed by atoms with Crippen LogP contribution in [0.2, 0.25) is 0 Å². The van der Waals surface area contributed by atoms with E-state index >= 15 is 0 Å². The number of hydrogen-bond donors (Lipinski definition) is 1. The van der Waals surface area contributed by atoms with Crippen molar-refractivity contribution in [3.63, 3.8) is 0 Å². The van der Waals surface area contributed by atoms with Crippen molar-refractivity contribution >= 4 is 0 Å². The van der Waals surface area contributed by atoms with Gasteiger partial charge in [0.15, 0.2) is 5.82 Å². The first-order valence-corrected chi connectivity index (χ1v) is 6.10. The molecule has 0 aliphatic carbocycles. The van der Waals surface area contributed by atoms with Crippen LogP contribution in [0.5, 0.6) is 0 Å². The first-order valence-electron chi connectivity index (χ1n) is 6.10. The fourth-order valence-corrected chi connectivity index (χ4v) is 1.67. The summed E-state index contributed by atoms with van der Waals surface area (Å²) in [4.78, 5) is 4.43. The molecular formula is C14H19N3O. The quantitative estimate of drug-likeness (QED) is 0.896. The molecule has 18 heavy (non-hydrogen) atoms. The Morgan fingerprint density at radius 2 is 2.00 bits per heavy atom. The van der Waals surface area contributed by atoms with Crippen LogP contribution in [-0.2, 0) is 11.8 Å². The largest absolute Gasteiger partial charge is 0.339 e. The monoisotopic (exact) mass is 245 g/mol.